The van der Waals surface area contributed by atoms with E-state index in [-0.39, 0.29) is 24.4 Å². The Morgan fingerprint density at radius 2 is 1.73 bits per heavy atom. The van der Waals surface area contributed by atoms with Crippen LogP contribution in [0.3, 0.4) is 0 Å². The highest BCUT2D eigenvalue weighted by Gasteiger charge is 2.17. The number of rotatable bonds is 12. The summed E-state index contributed by atoms with van der Waals surface area (Å²) < 4.78 is 15.9. The number of ether oxygens (including phenoxy) is 3. The van der Waals surface area contributed by atoms with Gasteiger partial charge in [-0.2, -0.15) is 0 Å². The zero-order valence-electron chi connectivity index (χ0n) is 16.3. The highest BCUT2D eigenvalue weighted by Crippen LogP contribution is 2.15. The number of esters is 1. The zero-order valence-corrected chi connectivity index (χ0v) is 16.3. The first kappa shape index (κ1) is 22.0. The molecule has 1 rings (SSSR count). The number of amides is 1. The normalized spacial score (nSPS) is 10.7. The van der Waals surface area contributed by atoms with Crippen LogP contribution in [0.4, 0.5) is 0 Å². The fraction of sp³-hybridized carbons (Fsp3) is 0.600. The van der Waals surface area contributed by atoms with E-state index < -0.39 is 0 Å². The number of nitrogens with zero attached hydrogens (tertiary/aromatic N) is 1. The Kier molecular flexibility index (Phi) is 10.4. The van der Waals surface area contributed by atoms with Crippen molar-refractivity contribution in [3.05, 3.63) is 29.8 Å². The molecule has 1 amide bonds. The molecule has 1 aromatic rings. The highest BCUT2D eigenvalue weighted by atomic mass is 16.5. The smallest absolute Gasteiger partial charge is 0.307 e. The lowest BCUT2D eigenvalue weighted by Gasteiger charge is -2.22. The van der Waals surface area contributed by atoms with Gasteiger partial charge in [-0.3, -0.25) is 9.59 Å². The first-order valence-electron chi connectivity index (χ1n) is 9.27. The van der Waals surface area contributed by atoms with Gasteiger partial charge >= 0.3 is 5.97 Å². The lowest BCUT2D eigenvalue weighted by molar-refractivity contribution is -0.143. The van der Waals surface area contributed by atoms with Crippen molar-refractivity contribution >= 4 is 11.9 Å². The number of benzene rings is 1. The number of carbonyl (C=O) groups excluding carboxylic acids is 2. The van der Waals surface area contributed by atoms with E-state index in [1.54, 1.807) is 36.1 Å². The second-order valence-electron chi connectivity index (χ2n) is 6.09. The Labute approximate surface area is 156 Å². The molecule has 1 aromatic carbocycles. The summed E-state index contributed by atoms with van der Waals surface area (Å²) in [4.78, 5) is 26.1. The molecule has 6 nitrogen and oxygen atoms in total. The third-order valence-electron chi connectivity index (χ3n) is 3.57. The summed E-state index contributed by atoms with van der Waals surface area (Å²) >= 11 is 0. The molecule has 146 valence electrons. The SMILES string of the molecule is CCOCCCN(CCC(=O)OCC)C(=O)c1ccc(OC(C)C)cc1. The Hall–Kier alpha value is -2.08. The molecule has 0 heterocycles. The van der Waals surface area contributed by atoms with Crippen molar-refractivity contribution in [2.75, 3.05) is 32.9 Å². The van der Waals surface area contributed by atoms with Gasteiger partial charge in [-0.1, -0.05) is 0 Å². The molecule has 26 heavy (non-hydrogen) atoms. The van der Waals surface area contributed by atoms with Crippen LogP contribution in [0, 0.1) is 0 Å². The van der Waals surface area contributed by atoms with Gasteiger partial charge in [0.25, 0.3) is 5.91 Å². The molecule has 0 saturated heterocycles. The quantitative estimate of drug-likeness (QED) is 0.420. The average molecular weight is 365 g/mol. The van der Waals surface area contributed by atoms with Gasteiger partial charge < -0.3 is 19.1 Å². The van der Waals surface area contributed by atoms with Gasteiger partial charge in [0, 0.05) is 31.9 Å². The van der Waals surface area contributed by atoms with Crippen molar-refractivity contribution in [1.82, 2.24) is 4.90 Å². The molecule has 0 unspecified atom stereocenters. The number of hydrogen-bond donors (Lipinski definition) is 0. The molecular formula is C20H31NO5. The van der Waals surface area contributed by atoms with E-state index in [1.807, 2.05) is 20.8 Å². The predicted molar refractivity (Wildman–Crippen MR) is 100 cm³/mol. The molecule has 0 atom stereocenters. The van der Waals surface area contributed by atoms with Gasteiger partial charge in [-0.25, -0.2) is 0 Å². The molecule has 0 aromatic heterocycles. The van der Waals surface area contributed by atoms with Crippen molar-refractivity contribution < 1.29 is 23.8 Å². The van der Waals surface area contributed by atoms with Gasteiger partial charge in [0.2, 0.25) is 0 Å². The van der Waals surface area contributed by atoms with Crippen molar-refractivity contribution in [2.45, 2.75) is 46.6 Å². The van der Waals surface area contributed by atoms with Gasteiger partial charge in [0.05, 0.1) is 19.1 Å². The lowest BCUT2D eigenvalue weighted by Crippen LogP contribution is -2.34. The van der Waals surface area contributed by atoms with E-state index in [2.05, 4.69) is 0 Å². The maximum absolute atomic E-state index is 12.8. The van der Waals surface area contributed by atoms with Gasteiger partial charge in [0.15, 0.2) is 0 Å². The summed E-state index contributed by atoms with van der Waals surface area (Å²) in [6.07, 6.45) is 0.982. The van der Waals surface area contributed by atoms with Crippen molar-refractivity contribution in [1.29, 1.82) is 0 Å². The third kappa shape index (κ3) is 8.34. The van der Waals surface area contributed by atoms with Crippen LogP contribution in [-0.2, 0) is 14.3 Å². The average Bonchev–Trinajstić information content (AvgIpc) is 2.61. The summed E-state index contributed by atoms with van der Waals surface area (Å²) in [5, 5.41) is 0. The Bertz CT molecular complexity index is 542. The Balaban J connectivity index is 2.72. The van der Waals surface area contributed by atoms with Crippen LogP contribution < -0.4 is 4.74 Å². The minimum Gasteiger partial charge on any atom is -0.491 e. The molecule has 0 aliphatic rings. The number of carbonyl (C=O) groups is 2. The molecule has 0 aliphatic carbocycles. The topological polar surface area (TPSA) is 65.1 Å². The second kappa shape index (κ2) is 12.3. The summed E-state index contributed by atoms with van der Waals surface area (Å²) in [6, 6.07) is 7.08. The molecule has 0 aliphatic heterocycles. The lowest BCUT2D eigenvalue weighted by atomic mass is 10.1. The third-order valence-corrected chi connectivity index (χ3v) is 3.57. The van der Waals surface area contributed by atoms with Gasteiger partial charge in [-0.15, -0.1) is 0 Å². The molecule has 6 heteroatoms. The van der Waals surface area contributed by atoms with E-state index in [4.69, 9.17) is 14.2 Å². The van der Waals surface area contributed by atoms with Crippen molar-refractivity contribution in [3.8, 4) is 5.75 Å². The Morgan fingerprint density at radius 3 is 2.31 bits per heavy atom. The minimum atomic E-state index is -0.296. The second-order valence-corrected chi connectivity index (χ2v) is 6.09. The first-order chi connectivity index (χ1) is 12.5. The maximum Gasteiger partial charge on any atom is 0.307 e. The van der Waals surface area contributed by atoms with Crippen LogP contribution in [0.1, 0.15) is 50.9 Å². The van der Waals surface area contributed by atoms with Crippen LogP contribution in [0.2, 0.25) is 0 Å². The molecule has 0 N–H and O–H groups in total. The minimum absolute atomic E-state index is 0.0798. The van der Waals surface area contributed by atoms with Crippen LogP contribution in [-0.4, -0.2) is 55.8 Å². The van der Waals surface area contributed by atoms with Crippen molar-refractivity contribution in [3.63, 3.8) is 0 Å². The molecule has 0 spiro atoms. The van der Waals surface area contributed by atoms with Crippen LogP contribution in [0.15, 0.2) is 24.3 Å². The van der Waals surface area contributed by atoms with E-state index in [0.717, 1.165) is 12.2 Å². The zero-order chi connectivity index (χ0) is 19.4. The first-order valence-corrected chi connectivity index (χ1v) is 9.27. The van der Waals surface area contributed by atoms with E-state index in [9.17, 15) is 9.59 Å². The molecular weight excluding hydrogens is 334 g/mol. The highest BCUT2D eigenvalue weighted by molar-refractivity contribution is 5.94. The monoisotopic (exact) mass is 365 g/mol. The standard InChI is InChI=1S/C20H31NO5/c1-5-24-15-7-13-21(14-12-19(22)25-6-2)20(23)17-8-10-18(11-9-17)26-16(3)4/h8-11,16H,5-7,12-15H2,1-4H3. The molecule has 0 fully saturated rings. The fourth-order valence-electron chi connectivity index (χ4n) is 2.41. The summed E-state index contributed by atoms with van der Waals surface area (Å²) in [7, 11) is 0. The van der Waals surface area contributed by atoms with E-state index >= 15 is 0 Å². The molecule has 0 radical (unpaired) electrons. The van der Waals surface area contributed by atoms with Crippen LogP contribution in [0.5, 0.6) is 5.75 Å². The van der Waals surface area contributed by atoms with Crippen LogP contribution >= 0.6 is 0 Å². The fourth-order valence-corrected chi connectivity index (χ4v) is 2.41. The predicted octanol–water partition coefficient (Wildman–Crippen LogP) is 3.30. The number of hydrogen-bond acceptors (Lipinski definition) is 5. The molecule has 0 bridgehead atoms. The van der Waals surface area contributed by atoms with Gasteiger partial charge in [0.1, 0.15) is 5.75 Å². The summed E-state index contributed by atoms with van der Waals surface area (Å²) in [5.74, 6) is 0.323. The van der Waals surface area contributed by atoms with E-state index in [1.165, 1.54) is 0 Å². The maximum atomic E-state index is 12.8. The van der Waals surface area contributed by atoms with Crippen molar-refractivity contribution in [2.24, 2.45) is 0 Å². The summed E-state index contributed by atoms with van der Waals surface area (Å²) in [6.45, 7) is 10.0. The summed E-state index contributed by atoms with van der Waals surface area (Å²) in [5.41, 5.74) is 0.571. The molecule has 0 saturated carbocycles. The van der Waals surface area contributed by atoms with Crippen LogP contribution in [0.25, 0.3) is 0 Å². The van der Waals surface area contributed by atoms with E-state index in [0.29, 0.717) is 38.5 Å². The Morgan fingerprint density at radius 1 is 1.04 bits per heavy atom. The largest absolute Gasteiger partial charge is 0.491 e. The van der Waals surface area contributed by atoms with Gasteiger partial charge in [-0.05, 0) is 58.4 Å².